The molecule has 0 radical (unpaired) electrons. The summed E-state index contributed by atoms with van der Waals surface area (Å²) in [5, 5.41) is 10.9. The number of aliphatic hydroxyl groups excluding tert-OH is 1. The van der Waals surface area contributed by atoms with E-state index in [1.807, 2.05) is 0 Å². The van der Waals surface area contributed by atoms with Crippen molar-refractivity contribution in [2.75, 3.05) is 20.2 Å². The Kier molecular flexibility index (Phi) is 4.60. The normalized spacial score (nSPS) is 27.6. The lowest BCUT2D eigenvalue weighted by molar-refractivity contribution is -0.163. The van der Waals surface area contributed by atoms with Gasteiger partial charge in [0.05, 0.1) is 19.8 Å². The van der Waals surface area contributed by atoms with Crippen molar-refractivity contribution in [1.29, 1.82) is 0 Å². The van der Waals surface area contributed by atoms with Gasteiger partial charge < -0.3 is 9.94 Å². The molecule has 3 nitrogen and oxygen atoms in total. The quantitative estimate of drug-likeness (QED) is 0.591. The minimum absolute atomic E-state index is 0. The molecule has 0 aromatic heterocycles. The number of nitrogens with zero attached hydrogens (tertiary/aromatic N) is 1. The highest BCUT2D eigenvalue weighted by Gasteiger charge is 2.16. The molecule has 0 aromatic rings. The van der Waals surface area contributed by atoms with E-state index in [9.17, 15) is 0 Å². The Balaban J connectivity index is 0.000000810. The summed E-state index contributed by atoms with van der Waals surface area (Å²) < 4.78 is 0. The smallest absolute Gasteiger partial charge is 0.0691 e. The first-order chi connectivity index (χ1) is 4.33. The van der Waals surface area contributed by atoms with Gasteiger partial charge in [-0.2, -0.15) is 5.06 Å². The van der Waals surface area contributed by atoms with E-state index in [4.69, 9.17) is 9.94 Å². The van der Waals surface area contributed by atoms with E-state index in [1.165, 1.54) is 0 Å². The average molecular weight is 147 g/mol. The molecule has 1 N–H and O–H groups in total. The van der Waals surface area contributed by atoms with Crippen molar-refractivity contribution in [3.05, 3.63) is 0 Å². The molecular formula is C7H17NO2. The average Bonchev–Trinajstić information content (AvgIpc) is 1.88. The number of hydroxylamine groups is 2. The molecule has 1 fully saturated rings. The standard InChI is InChI=1S/C6H13NO2.CH4/c1-9-7-4-2-3-6(8)5-7;/h6,8H,2-5H2,1H3;1H4. The van der Waals surface area contributed by atoms with E-state index in [1.54, 1.807) is 12.2 Å². The molecule has 1 aliphatic rings. The summed E-state index contributed by atoms with van der Waals surface area (Å²) in [4.78, 5) is 4.93. The van der Waals surface area contributed by atoms with Crippen LogP contribution in [0.3, 0.4) is 0 Å². The third-order valence-corrected chi connectivity index (χ3v) is 1.62. The van der Waals surface area contributed by atoms with Crippen LogP contribution < -0.4 is 0 Å². The first-order valence-electron chi connectivity index (χ1n) is 3.30. The molecule has 0 saturated carbocycles. The van der Waals surface area contributed by atoms with Gasteiger partial charge >= 0.3 is 0 Å². The number of hydrogen-bond donors (Lipinski definition) is 1. The van der Waals surface area contributed by atoms with E-state index in [-0.39, 0.29) is 13.5 Å². The molecule has 0 aliphatic carbocycles. The predicted molar refractivity (Wildman–Crippen MR) is 40.6 cm³/mol. The van der Waals surface area contributed by atoms with Crippen LogP contribution in [0, 0.1) is 0 Å². The Hall–Kier alpha value is -0.120. The molecule has 10 heavy (non-hydrogen) atoms. The Morgan fingerprint density at radius 1 is 1.60 bits per heavy atom. The van der Waals surface area contributed by atoms with Gasteiger partial charge in [0.2, 0.25) is 0 Å². The maximum absolute atomic E-state index is 9.09. The summed E-state index contributed by atoms with van der Waals surface area (Å²) in [6.07, 6.45) is 1.77. The van der Waals surface area contributed by atoms with Crippen LogP contribution in [0.2, 0.25) is 0 Å². The number of β-amino-alcohol motifs (C(OH)–C–C–N with tert-alkyl or cyclic N) is 1. The van der Waals surface area contributed by atoms with Crippen LogP contribution in [0.5, 0.6) is 0 Å². The maximum Gasteiger partial charge on any atom is 0.0691 e. The fourth-order valence-corrected chi connectivity index (χ4v) is 1.09. The van der Waals surface area contributed by atoms with E-state index in [0.29, 0.717) is 6.54 Å². The lowest BCUT2D eigenvalue weighted by Crippen LogP contribution is -2.37. The van der Waals surface area contributed by atoms with Crippen LogP contribution in [0.25, 0.3) is 0 Å². The van der Waals surface area contributed by atoms with Crippen LogP contribution in [0.15, 0.2) is 0 Å². The van der Waals surface area contributed by atoms with Crippen molar-refractivity contribution >= 4 is 0 Å². The Labute approximate surface area is 62.6 Å². The monoisotopic (exact) mass is 147 g/mol. The lowest BCUT2D eigenvalue weighted by Gasteiger charge is -2.27. The SMILES string of the molecule is C.CON1CCCC(O)C1. The number of aliphatic hydroxyl groups is 1. The van der Waals surface area contributed by atoms with E-state index < -0.39 is 0 Å². The maximum atomic E-state index is 9.09. The summed E-state index contributed by atoms with van der Waals surface area (Å²) >= 11 is 0. The first-order valence-corrected chi connectivity index (χ1v) is 3.30. The molecule has 0 bridgehead atoms. The Bertz CT molecular complexity index is 87.7. The molecule has 1 atom stereocenters. The minimum atomic E-state index is -0.182. The Morgan fingerprint density at radius 3 is 2.70 bits per heavy atom. The fraction of sp³-hybridized carbons (Fsp3) is 1.00. The number of hydrogen-bond acceptors (Lipinski definition) is 3. The zero-order valence-electron chi connectivity index (χ0n) is 5.71. The predicted octanol–water partition coefficient (Wildman–Crippen LogP) is 0.641. The summed E-state index contributed by atoms with van der Waals surface area (Å²) in [5.41, 5.74) is 0. The molecule has 0 amide bonds. The van der Waals surface area contributed by atoms with Gasteiger partial charge in [-0.25, -0.2) is 0 Å². The van der Waals surface area contributed by atoms with Gasteiger partial charge in [-0.15, -0.1) is 0 Å². The van der Waals surface area contributed by atoms with Gasteiger partial charge in [-0.3, -0.25) is 0 Å². The molecule has 62 valence electrons. The van der Waals surface area contributed by atoms with Crippen molar-refractivity contribution in [1.82, 2.24) is 5.06 Å². The zero-order valence-corrected chi connectivity index (χ0v) is 5.71. The second-order valence-electron chi connectivity index (χ2n) is 2.37. The minimum Gasteiger partial charge on any atom is -0.392 e. The second kappa shape index (κ2) is 4.66. The van der Waals surface area contributed by atoms with Crippen molar-refractivity contribution in [3.63, 3.8) is 0 Å². The summed E-state index contributed by atoms with van der Waals surface area (Å²) in [6.45, 7) is 1.62. The van der Waals surface area contributed by atoms with Crippen LogP contribution in [0.1, 0.15) is 20.3 Å². The van der Waals surface area contributed by atoms with Crippen LogP contribution >= 0.6 is 0 Å². The van der Waals surface area contributed by atoms with Crippen molar-refractivity contribution in [2.45, 2.75) is 26.4 Å². The van der Waals surface area contributed by atoms with Gasteiger partial charge in [-0.05, 0) is 12.8 Å². The van der Waals surface area contributed by atoms with Crippen LogP contribution in [-0.4, -0.2) is 36.5 Å². The largest absolute Gasteiger partial charge is 0.392 e. The second-order valence-corrected chi connectivity index (χ2v) is 2.37. The van der Waals surface area contributed by atoms with Crippen LogP contribution in [0.4, 0.5) is 0 Å². The van der Waals surface area contributed by atoms with Gasteiger partial charge in [-0.1, -0.05) is 7.43 Å². The molecule has 1 aliphatic heterocycles. The highest BCUT2D eigenvalue weighted by molar-refractivity contribution is 4.65. The third kappa shape index (κ3) is 2.64. The van der Waals surface area contributed by atoms with E-state index in [0.717, 1.165) is 19.4 Å². The highest BCUT2D eigenvalue weighted by Crippen LogP contribution is 2.08. The molecule has 1 heterocycles. The van der Waals surface area contributed by atoms with Crippen molar-refractivity contribution in [2.24, 2.45) is 0 Å². The van der Waals surface area contributed by atoms with Crippen molar-refractivity contribution < 1.29 is 9.94 Å². The summed E-state index contributed by atoms with van der Waals surface area (Å²) in [5.74, 6) is 0. The van der Waals surface area contributed by atoms with Gasteiger partial charge in [0.15, 0.2) is 0 Å². The molecular weight excluding hydrogens is 130 g/mol. The Morgan fingerprint density at radius 2 is 2.30 bits per heavy atom. The third-order valence-electron chi connectivity index (χ3n) is 1.62. The number of piperidine rings is 1. The van der Waals surface area contributed by atoms with E-state index in [2.05, 4.69) is 0 Å². The van der Waals surface area contributed by atoms with E-state index >= 15 is 0 Å². The lowest BCUT2D eigenvalue weighted by atomic mass is 10.1. The molecule has 0 spiro atoms. The molecule has 1 unspecified atom stereocenters. The van der Waals surface area contributed by atoms with Crippen molar-refractivity contribution in [3.8, 4) is 0 Å². The summed E-state index contributed by atoms with van der Waals surface area (Å²) in [7, 11) is 1.64. The van der Waals surface area contributed by atoms with Gasteiger partial charge in [0.1, 0.15) is 0 Å². The topological polar surface area (TPSA) is 32.7 Å². The molecule has 3 heteroatoms. The fourth-order valence-electron chi connectivity index (χ4n) is 1.09. The van der Waals surface area contributed by atoms with Gasteiger partial charge in [0, 0.05) is 6.54 Å². The molecule has 1 saturated heterocycles. The number of rotatable bonds is 1. The molecule has 1 rings (SSSR count). The van der Waals surface area contributed by atoms with Crippen LogP contribution in [-0.2, 0) is 4.84 Å². The zero-order chi connectivity index (χ0) is 6.69. The highest BCUT2D eigenvalue weighted by atomic mass is 16.7. The first kappa shape index (κ1) is 9.88. The summed E-state index contributed by atoms with van der Waals surface area (Å²) in [6, 6.07) is 0. The van der Waals surface area contributed by atoms with Gasteiger partial charge in [0.25, 0.3) is 0 Å². The molecule has 0 aromatic carbocycles.